The third kappa shape index (κ3) is 25.8. The van der Waals surface area contributed by atoms with E-state index in [4.69, 9.17) is 23.2 Å². The number of aliphatic imine (C=N–C) groups is 2. The third-order valence-corrected chi connectivity index (χ3v) is 3.46. The molecule has 0 amide bonds. The molecule has 0 atom stereocenters. The second-order valence-corrected chi connectivity index (χ2v) is 5.80. The quantitative estimate of drug-likeness (QED) is 0.0800. The molecule has 29 heavy (non-hydrogen) atoms. The maximum atomic E-state index is 4.76. The molecular formula is C23H41Cl3N2Pd. The van der Waals surface area contributed by atoms with Gasteiger partial charge in [-0.05, 0) is 44.6 Å². The van der Waals surface area contributed by atoms with E-state index in [2.05, 4.69) is 89.0 Å². The van der Waals surface area contributed by atoms with Gasteiger partial charge in [0.05, 0.1) is 16.8 Å². The van der Waals surface area contributed by atoms with Crippen LogP contribution in [-0.2, 0) is 24.6 Å². The number of aryl methyl sites for hydroxylation is 2. The molecular weight excluding hydrogens is 517 g/mol. The molecule has 0 bridgehead atoms. The number of benzene rings is 1. The van der Waals surface area contributed by atoms with Gasteiger partial charge in [-0.1, -0.05) is 50.6 Å². The van der Waals surface area contributed by atoms with Crippen LogP contribution in [0.4, 0.5) is 0 Å². The van der Waals surface area contributed by atoms with Crippen molar-refractivity contribution in [2.75, 3.05) is 19.4 Å². The summed E-state index contributed by atoms with van der Waals surface area (Å²) in [4.78, 5) is 8.68. The summed E-state index contributed by atoms with van der Waals surface area (Å²) in [5.41, 5.74) is 5.09. The minimum absolute atomic E-state index is 0. The van der Waals surface area contributed by atoms with Gasteiger partial charge in [-0.3, -0.25) is 9.98 Å². The molecule has 6 heteroatoms. The van der Waals surface area contributed by atoms with Gasteiger partial charge in [-0.2, -0.15) is 0 Å². The van der Waals surface area contributed by atoms with Crippen LogP contribution in [0.3, 0.4) is 0 Å². The molecule has 0 unspecified atom stereocenters. The van der Waals surface area contributed by atoms with Gasteiger partial charge < -0.3 is 7.43 Å². The van der Waals surface area contributed by atoms with Gasteiger partial charge >= 0.3 is 27.7 Å². The van der Waals surface area contributed by atoms with Crippen LogP contribution < -0.4 is 0 Å². The van der Waals surface area contributed by atoms with Crippen molar-refractivity contribution in [2.24, 2.45) is 9.98 Å². The van der Waals surface area contributed by atoms with E-state index < -0.39 is 0 Å². The van der Waals surface area contributed by atoms with E-state index in [0.717, 1.165) is 25.0 Å². The molecule has 0 saturated carbocycles. The van der Waals surface area contributed by atoms with Gasteiger partial charge in [0, 0.05) is 14.1 Å². The van der Waals surface area contributed by atoms with Gasteiger partial charge in [0.1, 0.15) is 0 Å². The number of hydrogen-bond acceptors (Lipinski definition) is 2. The normalized spacial score (nSPS) is 9.62. The topological polar surface area (TPSA) is 24.7 Å². The molecule has 0 N–H and O–H groups in total. The molecule has 0 heterocycles. The van der Waals surface area contributed by atoms with Crippen LogP contribution in [0.15, 0.2) is 47.4 Å². The Morgan fingerprint density at radius 2 is 1.34 bits per heavy atom. The third-order valence-electron chi connectivity index (χ3n) is 3.46. The zero-order chi connectivity index (χ0) is 22.8. The molecule has 0 aromatic heterocycles. The van der Waals surface area contributed by atoms with Gasteiger partial charge in [-0.25, -0.2) is 0 Å². The van der Waals surface area contributed by atoms with E-state index in [-0.39, 0.29) is 12.8 Å². The number of alkyl halides is 2. The van der Waals surface area contributed by atoms with E-state index in [9.17, 15) is 0 Å². The number of nitrogens with zero attached hydrogens (tertiary/aromatic N) is 2. The zero-order valence-corrected chi connectivity index (χ0v) is 23.1. The summed E-state index contributed by atoms with van der Waals surface area (Å²) in [6.45, 7) is 14.3. The first-order valence-corrected chi connectivity index (χ1v) is 12.4. The standard InChI is InChI=1S/C17H26N2.C2H6.C2H4.CH2Cl2.CH3.ClH.Pd/c1-5-16(18-3)17(19-4)9-7-6-8-15-12-10-14(2)11-13-15;2*1-2;2-1-3;;;/h10-13H,5-9H2,1-4H3;1-2H3;1-2H2;1H2;1H3;1H;/q;;;;-1;;+2/p-1. The Balaban J connectivity index is -0.000000167. The fraction of sp³-hybridized carbons (Fsp3) is 0.522. The predicted octanol–water partition coefficient (Wildman–Crippen LogP) is 8.65. The monoisotopic (exact) mass is 556 g/mol. The Morgan fingerprint density at radius 3 is 1.69 bits per heavy atom. The van der Waals surface area contributed by atoms with E-state index in [1.807, 2.05) is 27.9 Å². The Kier molecular flexibility index (Phi) is 47.8. The number of hydrogen-bond donors (Lipinski definition) is 0. The Hall–Kier alpha value is -0.168. The van der Waals surface area contributed by atoms with Crippen molar-refractivity contribution in [3.05, 3.63) is 56.0 Å². The summed E-state index contributed by atoms with van der Waals surface area (Å²) in [6.07, 6.45) is 5.56. The van der Waals surface area contributed by atoms with Crippen molar-refractivity contribution >= 4 is 44.2 Å². The van der Waals surface area contributed by atoms with Crippen molar-refractivity contribution in [2.45, 2.75) is 59.8 Å². The molecule has 0 aliphatic rings. The van der Waals surface area contributed by atoms with Crippen LogP contribution in [0.1, 0.15) is 57.6 Å². The molecule has 1 aromatic carbocycles. The van der Waals surface area contributed by atoms with E-state index >= 15 is 0 Å². The first-order valence-electron chi connectivity index (χ1n) is 9.33. The average molecular weight is 558 g/mol. The predicted molar refractivity (Wildman–Crippen MR) is 137 cm³/mol. The van der Waals surface area contributed by atoms with E-state index in [1.165, 1.54) is 29.7 Å². The minimum atomic E-state index is 0. The molecule has 1 rings (SSSR count). The van der Waals surface area contributed by atoms with Crippen molar-refractivity contribution in [1.82, 2.24) is 0 Å². The summed E-state index contributed by atoms with van der Waals surface area (Å²) in [6, 6.07) is 8.84. The van der Waals surface area contributed by atoms with Crippen LogP contribution >= 0.6 is 32.7 Å². The van der Waals surface area contributed by atoms with Gasteiger partial charge in [0.2, 0.25) is 0 Å². The van der Waals surface area contributed by atoms with Crippen molar-refractivity contribution in [1.29, 1.82) is 0 Å². The fourth-order valence-electron chi connectivity index (χ4n) is 2.25. The van der Waals surface area contributed by atoms with Crippen LogP contribution in [0, 0.1) is 14.4 Å². The SMILES string of the molecule is C=C.CC.CCC(=NC)C(CCCCc1ccc(C)cc1)=NC.ClCCl.[CH3-].[Cl][Pd+]. The van der Waals surface area contributed by atoms with E-state index in [0.29, 0.717) is 0 Å². The Bertz CT molecular complexity index is 476. The van der Waals surface area contributed by atoms with Gasteiger partial charge in [0.25, 0.3) is 0 Å². The van der Waals surface area contributed by atoms with E-state index in [1.54, 1.807) is 0 Å². The summed E-state index contributed by atoms with van der Waals surface area (Å²) in [7, 11) is 8.22. The van der Waals surface area contributed by atoms with Gasteiger partial charge in [0.15, 0.2) is 0 Å². The maximum absolute atomic E-state index is 4.76. The van der Waals surface area contributed by atoms with Crippen LogP contribution in [0.25, 0.3) is 0 Å². The van der Waals surface area contributed by atoms with Gasteiger partial charge in [-0.15, -0.1) is 36.4 Å². The molecule has 0 saturated heterocycles. The fourth-order valence-corrected chi connectivity index (χ4v) is 2.25. The van der Waals surface area contributed by atoms with Crippen molar-refractivity contribution < 1.29 is 18.2 Å². The second-order valence-electron chi connectivity index (χ2n) is 4.99. The van der Waals surface area contributed by atoms with Crippen LogP contribution in [-0.4, -0.2) is 30.9 Å². The second kappa shape index (κ2) is 35.3. The average Bonchev–Trinajstić information content (AvgIpc) is 2.76. The number of unbranched alkanes of at least 4 members (excludes halogenated alkanes) is 1. The molecule has 0 spiro atoms. The molecule has 0 fully saturated rings. The first-order chi connectivity index (χ1) is 13.6. The summed E-state index contributed by atoms with van der Waals surface area (Å²) in [5, 5.41) is 0.194. The van der Waals surface area contributed by atoms with Crippen LogP contribution in [0.2, 0.25) is 0 Å². The summed E-state index contributed by atoms with van der Waals surface area (Å²) >= 11 is 11.8. The number of rotatable bonds is 7. The zero-order valence-electron chi connectivity index (χ0n) is 19.3. The van der Waals surface area contributed by atoms with Crippen molar-refractivity contribution in [3.63, 3.8) is 0 Å². The molecule has 1 aromatic rings. The van der Waals surface area contributed by atoms with Crippen molar-refractivity contribution in [3.8, 4) is 0 Å². The Labute approximate surface area is 206 Å². The molecule has 2 nitrogen and oxygen atoms in total. The molecule has 174 valence electrons. The molecule has 0 radical (unpaired) electrons. The summed E-state index contributed by atoms with van der Waals surface area (Å²) < 4.78 is 0. The number of halogens is 3. The van der Waals surface area contributed by atoms with Crippen LogP contribution in [0.5, 0.6) is 0 Å². The Morgan fingerprint density at radius 1 is 0.931 bits per heavy atom. The first kappa shape index (κ1) is 39.3. The molecule has 0 aliphatic carbocycles. The summed E-state index contributed by atoms with van der Waals surface area (Å²) in [5.74, 6) is 0. The molecule has 0 aliphatic heterocycles.